The fraction of sp³-hybridized carbons (Fsp3) is 0.536. The van der Waals surface area contributed by atoms with E-state index in [0.29, 0.717) is 30.9 Å². The molecule has 0 spiro atoms. The molecule has 2 N–H and O–H groups in total. The van der Waals surface area contributed by atoms with Crippen molar-refractivity contribution in [2.75, 3.05) is 0 Å². The van der Waals surface area contributed by atoms with E-state index in [2.05, 4.69) is 0 Å². The average Bonchev–Trinajstić information content (AvgIpc) is 3.17. The normalized spacial score (nSPS) is 25.4. The van der Waals surface area contributed by atoms with Crippen LogP contribution in [0.3, 0.4) is 0 Å². The van der Waals surface area contributed by atoms with Gasteiger partial charge in [0.2, 0.25) is 5.67 Å². The van der Waals surface area contributed by atoms with Crippen LogP contribution in [-0.4, -0.2) is 25.9 Å². The SMILES string of the molecule is CC(C)(N)CC(=O)C[C@@H]1CC[C@@]2(S(=O)(=O)c3ccc(F)cc3)c3ccc(C(C)(F)C(F)(F)F)cc3CC[C@@H]12. The maximum absolute atomic E-state index is 14.8. The fourth-order valence-corrected chi connectivity index (χ4v) is 8.87. The van der Waals surface area contributed by atoms with Crippen molar-refractivity contribution in [2.24, 2.45) is 17.6 Å². The van der Waals surface area contributed by atoms with Gasteiger partial charge in [-0.05, 0) is 99.2 Å². The molecule has 2 aliphatic rings. The molecule has 0 radical (unpaired) electrons. The van der Waals surface area contributed by atoms with Gasteiger partial charge in [0, 0.05) is 18.4 Å². The first-order chi connectivity index (χ1) is 17.4. The van der Waals surface area contributed by atoms with E-state index in [1.165, 1.54) is 18.2 Å². The molecular formula is C28H32F5NO3S. The number of fused-ring (bicyclic) bond motifs is 3. The Balaban J connectivity index is 1.84. The molecule has 208 valence electrons. The molecule has 0 saturated heterocycles. The lowest BCUT2D eigenvalue weighted by molar-refractivity contribution is -0.228. The molecule has 2 aliphatic carbocycles. The second-order valence-electron chi connectivity index (χ2n) is 11.6. The number of benzene rings is 2. The van der Waals surface area contributed by atoms with Crippen LogP contribution in [0.1, 0.15) is 69.6 Å². The molecule has 0 aliphatic heterocycles. The van der Waals surface area contributed by atoms with Crippen LogP contribution >= 0.6 is 0 Å². The molecule has 2 aromatic carbocycles. The van der Waals surface area contributed by atoms with Gasteiger partial charge in [0.15, 0.2) is 9.84 Å². The molecule has 4 atom stereocenters. The molecule has 1 saturated carbocycles. The molecule has 0 heterocycles. The maximum atomic E-state index is 14.8. The molecule has 4 nitrogen and oxygen atoms in total. The maximum Gasteiger partial charge on any atom is 0.426 e. The highest BCUT2D eigenvalue weighted by Crippen LogP contribution is 2.60. The molecule has 2 aromatic rings. The minimum absolute atomic E-state index is 0.0861. The highest BCUT2D eigenvalue weighted by Gasteiger charge is 2.61. The number of rotatable bonds is 7. The molecule has 1 unspecified atom stereocenters. The third kappa shape index (κ3) is 4.78. The third-order valence-electron chi connectivity index (χ3n) is 8.16. The zero-order valence-corrected chi connectivity index (χ0v) is 22.4. The second kappa shape index (κ2) is 9.40. The molecular weight excluding hydrogens is 525 g/mol. The first-order valence-electron chi connectivity index (χ1n) is 12.6. The van der Waals surface area contributed by atoms with Crippen molar-refractivity contribution in [3.63, 3.8) is 0 Å². The number of hydrogen-bond donors (Lipinski definition) is 1. The number of ketones is 1. The standard InChI is InChI=1S/C28H32F5NO3S/c1-25(2,34)16-21(35)15-18-12-13-27(38(36,37)22-8-6-20(29)7-9-22)23(18)10-4-17-14-19(5-11-24(17)27)26(3,30)28(31,32)33/h5-9,11,14,18,23H,4,10,12-13,15-16,34H2,1-3H3/t18-,23-,26?,27-/m0/s1. The van der Waals surface area contributed by atoms with Gasteiger partial charge in [0.05, 0.1) is 4.90 Å². The molecule has 38 heavy (non-hydrogen) atoms. The van der Waals surface area contributed by atoms with Crippen LogP contribution in [0.4, 0.5) is 22.0 Å². The van der Waals surface area contributed by atoms with Gasteiger partial charge < -0.3 is 5.73 Å². The Morgan fingerprint density at radius 2 is 1.66 bits per heavy atom. The number of Topliss-reactive ketones (excluding diaryl/α,β-unsaturated/α-hetero) is 1. The van der Waals surface area contributed by atoms with Crippen LogP contribution < -0.4 is 5.73 Å². The van der Waals surface area contributed by atoms with Crippen molar-refractivity contribution in [1.82, 2.24) is 0 Å². The molecule has 1 fully saturated rings. The minimum atomic E-state index is -5.15. The Kier molecular flexibility index (Phi) is 7.09. The number of carbonyl (C=O) groups is 1. The molecule has 0 amide bonds. The number of alkyl halides is 4. The molecule has 0 aromatic heterocycles. The Bertz CT molecular complexity index is 1330. The fourth-order valence-electron chi connectivity index (χ4n) is 6.37. The summed E-state index contributed by atoms with van der Waals surface area (Å²) in [6, 6.07) is 7.87. The second-order valence-corrected chi connectivity index (χ2v) is 13.8. The van der Waals surface area contributed by atoms with Crippen molar-refractivity contribution >= 4 is 15.6 Å². The molecule has 0 bridgehead atoms. The van der Waals surface area contributed by atoms with Gasteiger partial charge in [0.25, 0.3) is 0 Å². The van der Waals surface area contributed by atoms with E-state index in [1.807, 2.05) is 0 Å². The van der Waals surface area contributed by atoms with E-state index in [4.69, 9.17) is 5.73 Å². The van der Waals surface area contributed by atoms with E-state index in [-0.39, 0.29) is 42.3 Å². The summed E-state index contributed by atoms with van der Waals surface area (Å²) in [7, 11) is -4.19. The van der Waals surface area contributed by atoms with E-state index in [0.717, 1.165) is 24.3 Å². The molecule has 4 rings (SSSR count). The van der Waals surface area contributed by atoms with Crippen LogP contribution in [0.2, 0.25) is 0 Å². The lowest BCUT2D eigenvalue weighted by Crippen LogP contribution is -2.45. The van der Waals surface area contributed by atoms with Crippen molar-refractivity contribution in [3.8, 4) is 0 Å². The van der Waals surface area contributed by atoms with Crippen LogP contribution in [0.25, 0.3) is 0 Å². The average molecular weight is 558 g/mol. The number of sulfone groups is 1. The van der Waals surface area contributed by atoms with Crippen LogP contribution in [0, 0.1) is 17.7 Å². The largest absolute Gasteiger partial charge is 0.426 e. The molecule has 10 heteroatoms. The summed E-state index contributed by atoms with van der Waals surface area (Å²) in [5, 5.41) is 0. The van der Waals surface area contributed by atoms with Gasteiger partial charge in [-0.2, -0.15) is 13.2 Å². The van der Waals surface area contributed by atoms with Gasteiger partial charge >= 0.3 is 6.18 Å². The summed E-state index contributed by atoms with van der Waals surface area (Å²) in [4.78, 5) is 12.7. The number of carbonyl (C=O) groups excluding carboxylic acids is 1. The summed E-state index contributed by atoms with van der Waals surface area (Å²) in [6.07, 6.45) is -3.79. The van der Waals surface area contributed by atoms with Gasteiger partial charge in [-0.3, -0.25) is 4.79 Å². The van der Waals surface area contributed by atoms with E-state index >= 15 is 0 Å². The lowest BCUT2D eigenvalue weighted by atomic mass is 9.71. The monoisotopic (exact) mass is 557 g/mol. The van der Waals surface area contributed by atoms with E-state index in [9.17, 15) is 35.2 Å². The Hall–Kier alpha value is -2.33. The van der Waals surface area contributed by atoms with Crippen LogP contribution in [0.5, 0.6) is 0 Å². The Morgan fingerprint density at radius 1 is 1.03 bits per heavy atom. The van der Waals surface area contributed by atoms with Gasteiger partial charge in [-0.1, -0.05) is 18.2 Å². The third-order valence-corrected chi connectivity index (χ3v) is 10.7. The van der Waals surface area contributed by atoms with Gasteiger partial charge in [0.1, 0.15) is 16.3 Å². The highest BCUT2D eigenvalue weighted by molar-refractivity contribution is 7.92. The number of aryl methyl sites for hydroxylation is 1. The van der Waals surface area contributed by atoms with Crippen molar-refractivity contribution in [2.45, 2.75) is 86.3 Å². The zero-order valence-electron chi connectivity index (χ0n) is 21.5. The lowest BCUT2D eigenvalue weighted by Gasteiger charge is -2.43. The van der Waals surface area contributed by atoms with Gasteiger partial charge in [-0.25, -0.2) is 17.2 Å². The van der Waals surface area contributed by atoms with Crippen LogP contribution in [0.15, 0.2) is 47.4 Å². The van der Waals surface area contributed by atoms with E-state index in [1.54, 1.807) is 13.8 Å². The summed E-state index contributed by atoms with van der Waals surface area (Å²) in [5.74, 6) is -1.48. The first kappa shape index (κ1) is 28.7. The Morgan fingerprint density at radius 3 is 2.24 bits per heavy atom. The minimum Gasteiger partial charge on any atom is -0.325 e. The summed E-state index contributed by atoms with van der Waals surface area (Å²) >= 11 is 0. The number of nitrogens with two attached hydrogens (primary N) is 1. The zero-order chi connectivity index (χ0) is 28.3. The topological polar surface area (TPSA) is 77.2 Å². The van der Waals surface area contributed by atoms with Crippen LogP contribution in [-0.2, 0) is 31.5 Å². The number of hydrogen-bond acceptors (Lipinski definition) is 4. The summed E-state index contributed by atoms with van der Waals surface area (Å²) in [5.41, 5.74) is 1.76. The first-order valence-corrected chi connectivity index (χ1v) is 14.1. The Labute approximate surface area is 219 Å². The van der Waals surface area contributed by atoms with Crippen molar-refractivity contribution < 1.29 is 35.2 Å². The summed E-state index contributed by atoms with van der Waals surface area (Å²) in [6.45, 7) is 3.91. The highest BCUT2D eigenvalue weighted by atomic mass is 32.2. The summed E-state index contributed by atoms with van der Waals surface area (Å²) < 4.78 is 95.8. The smallest absolute Gasteiger partial charge is 0.325 e. The van der Waals surface area contributed by atoms with Crippen molar-refractivity contribution in [3.05, 3.63) is 65.0 Å². The predicted molar refractivity (Wildman–Crippen MR) is 133 cm³/mol. The van der Waals surface area contributed by atoms with E-state index < -0.39 is 49.3 Å². The predicted octanol–water partition coefficient (Wildman–Crippen LogP) is 6.30. The quantitative estimate of drug-likeness (QED) is 0.320. The van der Waals surface area contributed by atoms with Gasteiger partial charge in [-0.15, -0.1) is 0 Å². The number of halogens is 5. The van der Waals surface area contributed by atoms with Crippen molar-refractivity contribution in [1.29, 1.82) is 0 Å².